The van der Waals surface area contributed by atoms with Crippen LogP contribution in [-0.4, -0.2) is 72.9 Å². The van der Waals surface area contributed by atoms with E-state index in [0.717, 1.165) is 20.3 Å². The third-order valence-corrected chi connectivity index (χ3v) is 3.68. The zero-order chi connectivity index (χ0) is 23.5. The number of nitrogens with zero attached hydrogens (tertiary/aromatic N) is 2. The number of likely N-dealkylation sites (N-methyl/N-ethyl adjacent to an activating group) is 1. The maximum absolute atomic E-state index is 12.4. The van der Waals surface area contributed by atoms with E-state index in [4.69, 9.17) is 15.3 Å². The lowest BCUT2D eigenvalue weighted by atomic mass is 10.1. The van der Waals surface area contributed by atoms with Crippen LogP contribution in [0.5, 0.6) is 0 Å². The number of methoxy groups -OCH3 is 2. The van der Waals surface area contributed by atoms with Gasteiger partial charge in [0.15, 0.2) is 5.84 Å². The van der Waals surface area contributed by atoms with Gasteiger partial charge in [0, 0.05) is 7.05 Å². The van der Waals surface area contributed by atoms with Crippen molar-refractivity contribution in [1.29, 1.82) is 0 Å². The van der Waals surface area contributed by atoms with E-state index in [1.54, 1.807) is 27.7 Å². The number of carbonyl (C=O) groups excluding carboxylic acids is 3. The number of hydrogen-bond donors (Lipinski definition) is 2. The third kappa shape index (κ3) is 10.6. The molecule has 0 radical (unpaired) electrons. The highest BCUT2D eigenvalue weighted by atomic mass is 16.7. The lowest BCUT2D eigenvalue weighted by Crippen LogP contribution is -2.47. The van der Waals surface area contributed by atoms with E-state index in [9.17, 15) is 19.5 Å². The summed E-state index contributed by atoms with van der Waals surface area (Å²) in [5.41, 5.74) is 5.29. The van der Waals surface area contributed by atoms with Crippen LogP contribution < -0.4 is 5.73 Å². The van der Waals surface area contributed by atoms with Crippen LogP contribution in [0.25, 0.3) is 0 Å². The quantitative estimate of drug-likeness (QED) is 0.0992. The van der Waals surface area contributed by atoms with Crippen molar-refractivity contribution in [2.45, 2.75) is 64.7 Å². The average molecular weight is 431 g/mol. The summed E-state index contributed by atoms with van der Waals surface area (Å²) in [6.45, 7) is 6.82. The van der Waals surface area contributed by atoms with Crippen molar-refractivity contribution < 1.29 is 38.5 Å². The Morgan fingerprint density at radius 1 is 1.17 bits per heavy atom. The fourth-order valence-electron chi connectivity index (χ4n) is 2.16. The van der Waals surface area contributed by atoms with Crippen LogP contribution in [-0.2, 0) is 28.6 Å². The van der Waals surface area contributed by atoms with Gasteiger partial charge >= 0.3 is 18.0 Å². The van der Waals surface area contributed by atoms with E-state index < -0.39 is 41.5 Å². The molecule has 11 heteroatoms. The summed E-state index contributed by atoms with van der Waals surface area (Å²) in [5.74, 6) is -2.52. The van der Waals surface area contributed by atoms with Gasteiger partial charge in [-0.05, 0) is 47.0 Å². The van der Waals surface area contributed by atoms with E-state index in [0.29, 0.717) is 19.3 Å². The maximum Gasteiger partial charge on any atom is 0.410 e. The number of oxime groups is 1. The first-order chi connectivity index (χ1) is 13.8. The highest BCUT2D eigenvalue weighted by Crippen LogP contribution is 2.15. The van der Waals surface area contributed by atoms with Crippen LogP contribution in [0.15, 0.2) is 17.0 Å². The van der Waals surface area contributed by atoms with Gasteiger partial charge in [-0.1, -0.05) is 5.16 Å². The first kappa shape index (κ1) is 27.2. The second kappa shape index (κ2) is 12.7. The number of aliphatic hydroxyl groups is 1. The standard InChI is InChI=1S/C19H33N3O8/c1-12(23)9-8-10-13(22(5)18(26)29-19(2,3)4)16(20)21-30-14(17(25)28-7)11-15(24)27-6/h11-13,23H,8-10H2,1-7H3,(H2,20,21). The molecule has 2 atom stereocenters. The molecule has 0 saturated carbocycles. The Hall–Kier alpha value is -2.82. The number of nitrogens with two attached hydrogens (primary N) is 1. The van der Waals surface area contributed by atoms with Crippen LogP contribution in [0.1, 0.15) is 47.0 Å². The summed E-state index contributed by atoms with van der Waals surface area (Å²) in [4.78, 5) is 41.8. The number of aliphatic hydroxyl groups excluding tert-OH is 1. The molecule has 11 nitrogen and oxygen atoms in total. The topological polar surface area (TPSA) is 150 Å². The summed E-state index contributed by atoms with van der Waals surface area (Å²) in [6, 6.07) is -0.754. The van der Waals surface area contributed by atoms with Gasteiger partial charge in [-0.2, -0.15) is 0 Å². The molecule has 172 valence electrons. The number of esters is 2. The molecule has 3 N–H and O–H groups in total. The fourth-order valence-corrected chi connectivity index (χ4v) is 2.16. The Bertz CT molecular complexity index is 653. The number of ether oxygens (including phenoxy) is 3. The Morgan fingerprint density at radius 3 is 2.23 bits per heavy atom. The summed E-state index contributed by atoms with van der Waals surface area (Å²) in [6.07, 6.45) is 0.925. The van der Waals surface area contributed by atoms with Gasteiger partial charge in [-0.25, -0.2) is 14.4 Å². The zero-order valence-electron chi connectivity index (χ0n) is 18.6. The molecule has 0 aliphatic rings. The van der Waals surface area contributed by atoms with Crippen molar-refractivity contribution in [3.8, 4) is 0 Å². The number of amides is 1. The monoisotopic (exact) mass is 431 g/mol. The van der Waals surface area contributed by atoms with E-state index in [-0.39, 0.29) is 5.84 Å². The van der Waals surface area contributed by atoms with Crippen molar-refractivity contribution >= 4 is 23.9 Å². The zero-order valence-corrected chi connectivity index (χ0v) is 18.6. The Morgan fingerprint density at radius 2 is 1.77 bits per heavy atom. The van der Waals surface area contributed by atoms with Crippen molar-refractivity contribution in [1.82, 2.24) is 4.90 Å². The summed E-state index contributed by atoms with van der Waals surface area (Å²) in [5, 5.41) is 13.2. The molecule has 30 heavy (non-hydrogen) atoms. The van der Waals surface area contributed by atoms with E-state index in [1.807, 2.05) is 0 Å². The molecule has 0 bridgehead atoms. The van der Waals surface area contributed by atoms with Gasteiger partial charge in [-0.15, -0.1) is 0 Å². The molecule has 0 heterocycles. The first-order valence-electron chi connectivity index (χ1n) is 9.34. The van der Waals surface area contributed by atoms with E-state index >= 15 is 0 Å². The van der Waals surface area contributed by atoms with Crippen LogP contribution in [0.4, 0.5) is 4.79 Å². The molecular weight excluding hydrogens is 398 g/mol. The molecule has 0 rings (SSSR count). The number of amidine groups is 1. The SMILES string of the molecule is COC(=O)C=C(O/N=C(\N)C(CCCC(C)O)N(C)C(=O)OC(C)(C)C)C(=O)OC. The number of rotatable bonds is 10. The minimum atomic E-state index is -0.969. The van der Waals surface area contributed by atoms with Gasteiger partial charge in [0.2, 0.25) is 5.76 Å². The molecule has 0 fully saturated rings. The lowest BCUT2D eigenvalue weighted by Gasteiger charge is -2.30. The molecular formula is C19H33N3O8. The largest absolute Gasteiger partial charge is 0.466 e. The van der Waals surface area contributed by atoms with Crippen molar-refractivity contribution in [3.05, 3.63) is 11.8 Å². The molecule has 0 aromatic carbocycles. The third-order valence-electron chi connectivity index (χ3n) is 3.68. The summed E-state index contributed by atoms with van der Waals surface area (Å²) in [7, 11) is 3.70. The summed E-state index contributed by atoms with van der Waals surface area (Å²) >= 11 is 0. The van der Waals surface area contributed by atoms with Gasteiger partial charge in [0.25, 0.3) is 0 Å². The molecule has 2 unspecified atom stereocenters. The van der Waals surface area contributed by atoms with Gasteiger partial charge in [0.1, 0.15) is 5.60 Å². The van der Waals surface area contributed by atoms with Crippen molar-refractivity contribution in [3.63, 3.8) is 0 Å². The Labute approximate surface area is 176 Å². The predicted octanol–water partition coefficient (Wildman–Crippen LogP) is 1.29. The van der Waals surface area contributed by atoms with Crippen LogP contribution in [0.3, 0.4) is 0 Å². The van der Waals surface area contributed by atoms with Gasteiger partial charge in [-0.3, -0.25) is 0 Å². The molecule has 0 saturated heterocycles. The second-order valence-corrected chi connectivity index (χ2v) is 7.52. The van der Waals surface area contributed by atoms with Crippen molar-refractivity contribution in [2.24, 2.45) is 10.9 Å². The Kier molecular flexibility index (Phi) is 11.5. The van der Waals surface area contributed by atoms with Gasteiger partial charge < -0.3 is 34.8 Å². The fraction of sp³-hybridized carbons (Fsp3) is 0.684. The minimum absolute atomic E-state index is 0.145. The van der Waals surface area contributed by atoms with Crippen molar-refractivity contribution in [2.75, 3.05) is 21.3 Å². The maximum atomic E-state index is 12.4. The summed E-state index contributed by atoms with van der Waals surface area (Å²) < 4.78 is 14.3. The molecule has 0 aromatic rings. The average Bonchev–Trinajstić information content (AvgIpc) is 2.65. The molecule has 0 spiro atoms. The number of carbonyl (C=O) groups is 3. The van der Waals surface area contributed by atoms with Crippen LogP contribution in [0, 0.1) is 0 Å². The van der Waals surface area contributed by atoms with Gasteiger partial charge in [0.05, 0.1) is 32.4 Å². The van der Waals surface area contributed by atoms with E-state index in [2.05, 4.69) is 14.6 Å². The second-order valence-electron chi connectivity index (χ2n) is 7.52. The normalized spacial score (nSPS) is 14.4. The smallest absolute Gasteiger partial charge is 0.410 e. The highest BCUT2D eigenvalue weighted by molar-refractivity contribution is 5.95. The first-order valence-corrected chi connectivity index (χ1v) is 9.34. The highest BCUT2D eigenvalue weighted by Gasteiger charge is 2.28. The van der Waals surface area contributed by atoms with E-state index in [1.165, 1.54) is 11.9 Å². The van der Waals surface area contributed by atoms with Crippen LogP contribution in [0.2, 0.25) is 0 Å². The molecule has 0 aromatic heterocycles. The molecule has 1 amide bonds. The van der Waals surface area contributed by atoms with Crippen LogP contribution >= 0.6 is 0 Å². The minimum Gasteiger partial charge on any atom is -0.466 e. The Balaban J connectivity index is 5.62. The predicted molar refractivity (Wildman–Crippen MR) is 108 cm³/mol. The lowest BCUT2D eigenvalue weighted by molar-refractivity contribution is -0.142. The molecule has 0 aliphatic heterocycles. The molecule has 0 aliphatic carbocycles. The number of hydrogen-bond acceptors (Lipinski definition) is 9.